The van der Waals surface area contributed by atoms with E-state index in [0.29, 0.717) is 5.69 Å². The number of aromatic amines is 2. The van der Waals surface area contributed by atoms with Crippen molar-refractivity contribution < 1.29 is 5.11 Å². The van der Waals surface area contributed by atoms with Gasteiger partial charge in [0.25, 0.3) is 0 Å². The molecule has 0 saturated heterocycles. The Morgan fingerprint density at radius 3 is 2.83 bits per heavy atom. The fourth-order valence-electron chi connectivity index (χ4n) is 2.75. The second-order valence-corrected chi connectivity index (χ2v) is 4.75. The lowest BCUT2D eigenvalue weighted by molar-refractivity contribution is 0.457. The number of imidazole rings is 1. The number of nitrogens with one attached hydrogen (secondary N) is 2. The van der Waals surface area contributed by atoms with Crippen molar-refractivity contribution in [3.8, 4) is 17.1 Å². The second kappa shape index (κ2) is 3.74. The Morgan fingerprint density at radius 2 is 2.17 bits per heavy atom. The molecule has 1 aliphatic carbocycles. The molecule has 5 N–H and O–H groups in total. The van der Waals surface area contributed by atoms with E-state index in [1.807, 2.05) is 19.1 Å². The molecule has 18 heavy (non-hydrogen) atoms. The Morgan fingerprint density at radius 1 is 1.39 bits per heavy atom. The van der Waals surface area contributed by atoms with Gasteiger partial charge in [0.2, 0.25) is 5.88 Å². The molecule has 0 radical (unpaired) electrons. The number of nitrogens with two attached hydrogens (primary N) is 1. The van der Waals surface area contributed by atoms with Crippen LogP contribution in [0.2, 0.25) is 0 Å². The van der Waals surface area contributed by atoms with Crippen molar-refractivity contribution in [1.82, 2.24) is 9.97 Å². The molecule has 0 aliphatic heterocycles. The SMILES string of the molecule is Cc1c(-c2[nH]c(=O)[nH]c2O)ccc2c1CC[C@@H]2N. The van der Waals surface area contributed by atoms with Crippen LogP contribution in [-0.4, -0.2) is 15.1 Å². The third-order valence-electron chi connectivity index (χ3n) is 3.72. The summed E-state index contributed by atoms with van der Waals surface area (Å²) < 4.78 is 0. The smallest absolute Gasteiger partial charge is 0.326 e. The average molecular weight is 245 g/mol. The van der Waals surface area contributed by atoms with E-state index >= 15 is 0 Å². The fourth-order valence-corrected chi connectivity index (χ4v) is 2.75. The highest BCUT2D eigenvalue weighted by molar-refractivity contribution is 5.70. The summed E-state index contributed by atoms with van der Waals surface area (Å²) in [6.07, 6.45) is 1.90. The standard InChI is InChI=1S/C13H15N3O2/c1-6-7-4-5-10(14)9(7)3-2-8(6)11-12(17)16-13(18)15-11/h2-3,10,17H,4-5,14H2,1H3,(H2,15,16,18)/t10-/m0/s1. The normalized spacial score (nSPS) is 18.0. The summed E-state index contributed by atoms with van der Waals surface area (Å²) in [6, 6.07) is 3.99. The zero-order valence-corrected chi connectivity index (χ0v) is 10.1. The van der Waals surface area contributed by atoms with E-state index in [9.17, 15) is 9.90 Å². The Labute approximate surface area is 104 Å². The summed E-state index contributed by atoms with van der Waals surface area (Å²) in [4.78, 5) is 16.1. The molecule has 0 spiro atoms. The first-order chi connectivity index (χ1) is 8.58. The average Bonchev–Trinajstić information content (AvgIpc) is 2.84. The molecule has 5 heteroatoms. The van der Waals surface area contributed by atoms with Gasteiger partial charge >= 0.3 is 5.69 Å². The van der Waals surface area contributed by atoms with Gasteiger partial charge in [-0.05, 0) is 36.5 Å². The van der Waals surface area contributed by atoms with Crippen LogP contribution in [0.5, 0.6) is 5.88 Å². The summed E-state index contributed by atoms with van der Waals surface area (Å²) >= 11 is 0. The minimum atomic E-state index is -0.404. The summed E-state index contributed by atoms with van der Waals surface area (Å²) in [5.41, 5.74) is 10.4. The van der Waals surface area contributed by atoms with Gasteiger partial charge in [0.05, 0.1) is 0 Å². The van der Waals surface area contributed by atoms with Crippen LogP contribution >= 0.6 is 0 Å². The van der Waals surface area contributed by atoms with E-state index in [0.717, 1.165) is 24.0 Å². The third kappa shape index (κ3) is 1.48. The molecule has 5 nitrogen and oxygen atoms in total. The van der Waals surface area contributed by atoms with Gasteiger partial charge in [-0.25, -0.2) is 4.79 Å². The molecule has 1 heterocycles. The van der Waals surface area contributed by atoms with Crippen molar-refractivity contribution in [1.29, 1.82) is 0 Å². The highest BCUT2D eigenvalue weighted by Crippen LogP contribution is 2.37. The molecule has 0 bridgehead atoms. The minimum Gasteiger partial charge on any atom is -0.493 e. The van der Waals surface area contributed by atoms with Crippen LogP contribution < -0.4 is 11.4 Å². The van der Waals surface area contributed by atoms with Crippen LogP contribution in [0.25, 0.3) is 11.3 Å². The Bertz CT molecular complexity index is 669. The monoisotopic (exact) mass is 245 g/mol. The minimum absolute atomic E-state index is 0.103. The molecular formula is C13H15N3O2. The first kappa shape index (κ1) is 11.1. The lowest BCUT2D eigenvalue weighted by atomic mass is 9.96. The number of hydrogen-bond donors (Lipinski definition) is 4. The van der Waals surface area contributed by atoms with Gasteiger partial charge in [0, 0.05) is 11.6 Å². The molecule has 1 aliphatic rings. The zero-order chi connectivity index (χ0) is 12.9. The molecular weight excluding hydrogens is 230 g/mol. The van der Waals surface area contributed by atoms with Gasteiger partial charge in [-0.1, -0.05) is 12.1 Å². The molecule has 0 amide bonds. The van der Waals surface area contributed by atoms with Crippen molar-refractivity contribution in [3.05, 3.63) is 39.3 Å². The molecule has 0 fully saturated rings. The Hall–Kier alpha value is -2.01. The van der Waals surface area contributed by atoms with E-state index in [1.165, 1.54) is 11.1 Å². The van der Waals surface area contributed by atoms with Crippen LogP contribution in [-0.2, 0) is 6.42 Å². The number of hydrogen-bond acceptors (Lipinski definition) is 3. The van der Waals surface area contributed by atoms with E-state index < -0.39 is 5.69 Å². The first-order valence-corrected chi connectivity index (χ1v) is 5.97. The number of rotatable bonds is 1. The number of fused-ring (bicyclic) bond motifs is 1. The summed E-state index contributed by atoms with van der Waals surface area (Å²) in [7, 11) is 0. The van der Waals surface area contributed by atoms with Gasteiger partial charge in [0.15, 0.2) is 0 Å². The maximum Gasteiger partial charge on any atom is 0.326 e. The molecule has 1 aromatic heterocycles. The van der Waals surface area contributed by atoms with Crippen LogP contribution in [0.1, 0.15) is 29.2 Å². The number of aromatic nitrogens is 2. The molecule has 1 atom stereocenters. The van der Waals surface area contributed by atoms with Crippen LogP contribution in [0.15, 0.2) is 16.9 Å². The molecule has 0 unspecified atom stereocenters. The van der Waals surface area contributed by atoms with Crippen LogP contribution in [0.4, 0.5) is 0 Å². The summed E-state index contributed by atoms with van der Waals surface area (Å²) in [5, 5.41) is 9.70. The number of benzene rings is 1. The van der Waals surface area contributed by atoms with E-state index in [-0.39, 0.29) is 11.9 Å². The Balaban J connectivity index is 2.21. The van der Waals surface area contributed by atoms with Gasteiger partial charge in [-0.15, -0.1) is 0 Å². The quantitative estimate of drug-likeness (QED) is 0.610. The van der Waals surface area contributed by atoms with Crippen LogP contribution in [0, 0.1) is 6.92 Å². The third-order valence-corrected chi connectivity index (χ3v) is 3.72. The van der Waals surface area contributed by atoms with Crippen molar-refractivity contribution in [3.63, 3.8) is 0 Å². The predicted molar refractivity (Wildman–Crippen MR) is 68.5 cm³/mol. The van der Waals surface area contributed by atoms with Gasteiger partial charge in [-0.2, -0.15) is 0 Å². The number of aromatic hydroxyl groups is 1. The van der Waals surface area contributed by atoms with Gasteiger partial charge in [-0.3, -0.25) is 4.98 Å². The zero-order valence-electron chi connectivity index (χ0n) is 10.1. The van der Waals surface area contributed by atoms with Gasteiger partial charge < -0.3 is 15.8 Å². The van der Waals surface area contributed by atoms with Crippen molar-refractivity contribution in [2.24, 2.45) is 5.73 Å². The number of H-pyrrole nitrogens is 2. The van der Waals surface area contributed by atoms with Crippen LogP contribution in [0.3, 0.4) is 0 Å². The topological polar surface area (TPSA) is 94.9 Å². The van der Waals surface area contributed by atoms with Gasteiger partial charge in [0.1, 0.15) is 5.69 Å². The Kier molecular flexibility index (Phi) is 2.31. The highest BCUT2D eigenvalue weighted by atomic mass is 16.3. The van der Waals surface area contributed by atoms with E-state index in [2.05, 4.69) is 9.97 Å². The second-order valence-electron chi connectivity index (χ2n) is 4.75. The predicted octanol–water partition coefficient (Wildman–Crippen LogP) is 1.33. The fraction of sp³-hybridized carbons (Fsp3) is 0.308. The molecule has 3 rings (SSSR count). The molecule has 0 saturated carbocycles. The molecule has 94 valence electrons. The molecule has 1 aromatic carbocycles. The van der Waals surface area contributed by atoms with Crippen molar-refractivity contribution in [2.45, 2.75) is 25.8 Å². The maximum atomic E-state index is 11.2. The summed E-state index contributed by atoms with van der Waals surface area (Å²) in [5.74, 6) is -0.120. The maximum absolute atomic E-state index is 11.2. The largest absolute Gasteiger partial charge is 0.493 e. The van der Waals surface area contributed by atoms with Crippen molar-refractivity contribution in [2.75, 3.05) is 0 Å². The molecule has 2 aromatic rings. The van der Waals surface area contributed by atoms with E-state index in [1.54, 1.807) is 0 Å². The summed E-state index contributed by atoms with van der Waals surface area (Å²) in [6.45, 7) is 2.00. The van der Waals surface area contributed by atoms with Crippen molar-refractivity contribution >= 4 is 0 Å². The lowest BCUT2D eigenvalue weighted by Crippen LogP contribution is -2.05. The first-order valence-electron chi connectivity index (χ1n) is 5.97. The lowest BCUT2D eigenvalue weighted by Gasteiger charge is -2.11. The van der Waals surface area contributed by atoms with E-state index in [4.69, 9.17) is 5.73 Å². The highest BCUT2D eigenvalue weighted by Gasteiger charge is 2.23.